The maximum Gasteiger partial charge on any atom is 0.263 e. The van der Waals surface area contributed by atoms with Gasteiger partial charge in [-0.15, -0.1) is 0 Å². The van der Waals surface area contributed by atoms with Gasteiger partial charge >= 0.3 is 0 Å². The molecule has 1 saturated heterocycles. The molecule has 0 bridgehead atoms. The predicted octanol–water partition coefficient (Wildman–Crippen LogP) is 2.42. The molecule has 1 N–H and O–H groups in total. The van der Waals surface area contributed by atoms with Crippen molar-refractivity contribution in [3.63, 3.8) is 0 Å². The maximum absolute atomic E-state index is 13.4. The topological polar surface area (TPSA) is 104 Å². The summed E-state index contributed by atoms with van der Waals surface area (Å²) in [5, 5.41) is 11.3. The number of hydrogen-bond acceptors (Lipinski definition) is 7. The Morgan fingerprint density at radius 1 is 1.23 bits per heavy atom. The zero-order chi connectivity index (χ0) is 21.4. The van der Waals surface area contributed by atoms with Gasteiger partial charge in [-0.3, -0.25) is 19.4 Å². The Labute approximate surface area is 175 Å². The number of amides is 3. The van der Waals surface area contributed by atoms with Crippen LogP contribution in [0.2, 0.25) is 5.02 Å². The highest BCUT2D eigenvalue weighted by Gasteiger charge is 2.55. The van der Waals surface area contributed by atoms with Crippen LogP contribution in [0.25, 0.3) is 0 Å². The number of benzene rings is 2. The third-order valence-corrected chi connectivity index (χ3v) is 5.00. The molecule has 0 aliphatic carbocycles. The van der Waals surface area contributed by atoms with E-state index in [1.165, 1.54) is 19.2 Å². The van der Waals surface area contributed by atoms with Crippen LogP contribution in [0.1, 0.15) is 0 Å². The van der Waals surface area contributed by atoms with Crippen LogP contribution in [-0.2, 0) is 14.4 Å². The number of imide groups is 1. The lowest BCUT2D eigenvalue weighted by atomic mass is 10.1. The van der Waals surface area contributed by atoms with E-state index in [9.17, 15) is 18.8 Å². The normalized spacial score (nSPS) is 20.0. The van der Waals surface area contributed by atoms with E-state index in [-0.39, 0.29) is 17.3 Å². The van der Waals surface area contributed by atoms with Crippen LogP contribution in [-0.4, -0.2) is 48.5 Å². The van der Waals surface area contributed by atoms with Gasteiger partial charge in [-0.25, -0.2) is 9.29 Å². The highest BCUT2D eigenvalue weighted by molar-refractivity contribution is 6.32. The summed E-state index contributed by atoms with van der Waals surface area (Å²) in [6.07, 6.45) is 0. The highest BCUT2D eigenvalue weighted by Crippen LogP contribution is 2.33. The number of carbonyl (C=O) groups excluding carboxylic acids is 3. The van der Waals surface area contributed by atoms with Gasteiger partial charge in [0.1, 0.15) is 18.1 Å². The van der Waals surface area contributed by atoms with E-state index >= 15 is 0 Å². The van der Waals surface area contributed by atoms with Gasteiger partial charge in [0.2, 0.25) is 5.91 Å². The first kappa shape index (κ1) is 19.8. The fraction of sp³-hybridized carbons (Fsp3) is 0.211. The van der Waals surface area contributed by atoms with Crippen LogP contribution in [0.4, 0.5) is 15.8 Å². The van der Waals surface area contributed by atoms with Gasteiger partial charge in [0.25, 0.3) is 11.8 Å². The van der Waals surface area contributed by atoms with Gasteiger partial charge in [0.05, 0.1) is 23.5 Å². The van der Waals surface area contributed by atoms with E-state index in [4.69, 9.17) is 16.3 Å². The number of hydrogen-bond donors (Lipinski definition) is 1. The molecular formula is C19H15ClFN5O4. The molecular weight excluding hydrogens is 417 g/mol. The summed E-state index contributed by atoms with van der Waals surface area (Å²) in [6.45, 7) is -0.306. The molecule has 2 aromatic carbocycles. The second kappa shape index (κ2) is 7.71. The SMILES string of the molecule is COc1ccccc1NC(=O)CN1N=N[C@@H]2C(=O)N(c3ccc(F)c(Cl)c3)C(=O)[C@H]21. The molecule has 2 heterocycles. The zero-order valence-electron chi connectivity index (χ0n) is 15.6. The zero-order valence-corrected chi connectivity index (χ0v) is 16.3. The molecule has 2 aromatic rings. The van der Waals surface area contributed by atoms with Crippen LogP contribution in [0.3, 0.4) is 0 Å². The minimum atomic E-state index is -1.08. The number of halogens is 2. The van der Waals surface area contributed by atoms with E-state index in [1.54, 1.807) is 24.3 Å². The number of nitrogens with one attached hydrogen (secondary N) is 1. The van der Waals surface area contributed by atoms with E-state index in [1.807, 2.05) is 0 Å². The fourth-order valence-corrected chi connectivity index (χ4v) is 3.49. The molecule has 30 heavy (non-hydrogen) atoms. The van der Waals surface area contributed by atoms with Gasteiger partial charge in [-0.1, -0.05) is 29.0 Å². The lowest BCUT2D eigenvalue weighted by Gasteiger charge is -2.20. The Morgan fingerprint density at radius 3 is 2.73 bits per heavy atom. The van der Waals surface area contributed by atoms with E-state index in [0.29, 0.717) is 11.4 Å². The van der Waals surface area contributed by atoms with Crippen molar-refractivity contribution < 1.29 is 23.5 Å². The summed E-state index contributed by atoms with van der Waals surface area (Å²) in [4.78, 5) is 38.9. The Morgan fingerprint density at radius 2 is 2.00 bits per heavy atom. The lowest BCUT2D eigenvalue weighted by Crippen LogP contribution is -2.43. The van der Waals surface area contributed by atoms with Crippen molar-refractivity contribution in [3.05, 3.63) is 53.3 Å². The number of ether oxygens (including phenoxy) is 1. The molecule has 9 nitrogen and oxygen atoms in total. The molecule has 0 spiro atoms. The maximum atomic E-state index is 13.4. The van der Waals surface area contributed by atoms with Crippen molar-refractivity contribution >= 4 is 40.7 Å². The van der Waals surface area contributed by atoms with Gasteiger partial charge in [0.15, 0.2) is 12.1 Å². The molecule has 0 saturated carbocycles. The minimum absolute atomic E-state index is 0.124. The van der Waals surface area contributed by atoms with Crippen molar-refractivity contribution in [3.8, 4) is 5.75 Å². The average Bonchev–Trinajstić information content (AvgIpc) is 3.24. The lowest BCUT2D eigenvalue weighted by molar-refractivity contribution is -0.123. The van der Waals surface area contributed by atoms with E-state index in [2.05, 4.69) is 15.7 Å². The summed E-state index contributed by atoms with van der Waals surface area (Å²) in [6, 6.07) is 8.21. The summed E-state index contributed by atoms with van der Waals surface area (Å²) in [5.41, 5.74) is 0.577. The molecule has 2 atom stereocenters. The molecule has 0 radical (unpaired) electrons. The Bertz CT molecular complexity index is 1080. The first-order valence-electron chi connectivity index (χ1n) is 8.84. The Kier molecular flexibility index (Phi) is 5.08. The number of nitrogens with zero attached hydrogens (tertiary/aromatic N) is 4. The largest absolute Gasteiger partial charge is 0.495 e. The molecule has 4 rings (SSSR count). The number of carbonyl (C=O) groups is 3. The molecule has 3 amide bonds. The molecule has 0 unspecified atom stereocenters. The first-order chi connectivity index (χ1) is 14.4. The van der Waals surface area contributed by atoms with Gasteiger partial charge in [-0.05, 0) is 30.3 Å². The number of methoxy groups -OCH3 is 1. The number of rotatable bonds is 5. The highest BCUT2D eigenvalue weighted by atomic mass is 35.5. The van der Waals surface area contributed by atoms with Crippen molar-refractivity contribution in [2.45, 2.75) is 12.1 Å². The summed E-state index contributed by atoms with van der Waals surface area (Å²) in [7, 11) is 1.48. The number of para-hydroxylation sites is 2. The van der Waals surface area contributed by atoms with Crippen LogP contribution in [0, 0.1) is 5.82 Å². The predicted molar refractivity (Wildman–Crippen MR) is 105 cm³/mol. The quantitative estimate of drug-likeness (QED) is 0.732. The van der Waals surface area contributed by atoms with Crippen molar-refractivity contribution in [1.82, 2.24) is 5.01 Å². The van der Waals surface area contributed by atoms with E-state index in [0.717, 1.165) is 16.0 Å². The molecule has 0 aromatic heterocycles. The van der Waals surface area contributed by atoms with Crippen molar-refractivity contribution in [1.29, 1.82) is 0 Å². The Balaban J connectivity index is 1.50. The Hall–Kier alpha value is -3.53. The first-order valence-corrected chi connectivity index (χ1v) is 9.21. The van der Waals surface area contributed by atoms with Gasteiger partial charge < -0.3 is 10.1 Å². The van der Waals surface area contributed by atoms with Crippen molar-refractivity contribution in [2.24, 2.45) is 10.3 Å². The molecule has 2 aliphatic heterocycles. The third kappa shape index (κ3) is 3.35. The average molecular weight is 432 g/mol. The summed E-state index contributed by atoms with van der Waals surface area (Å²) < 4.78 is 18.6. The monoisotopic (exact) mass is 431 g/mol. The third-order valence-electron chi connectivity index (χ3n) is 4.71. The van der Waals surface area contributed by atoms with Gasteiger partial charge in [0, 0.05) is 0 Å². The number of anilines is 2. The number of fused-ring (bicyclic) bond motifs is 1. The molecule has 2 aliphatic rings. The smallest absolute Gasteiger partial charge is 0.263 e. The van der Waals surface area contributed by atoms with Gasteiger partial charge in [-0.2, -0.15) is 5.11 Å². The van der Waals surface area contributed by atoms with Crippen LogP contribution in [0.5, 0.6) is 5.75 Å². The second-order valence-electron chi connectivity index (χ2n) is 6.55. The van der Waals surface area contributed by atoms with Crippen LogP contribution < -0.4 is 15.0 Å². The molecule has 11 heteroatoms. The second-order valence-corrected chi connectivity index (χ2v) is 6.96. The van der Waals surface area contributed by atoms with E-state index < -0.39 is 35.6 Å². The standard InChI is InChI=1S/C19H15ClFN5O4/c1-30-14-5-3-2-4-13(14)22-15(27)9-25-17-16(23-24-25)18(28)26(19(17)29)10-6-7-12(21)11(20)8-10/h2-8,16-17H,9H2,1H3,(H,22,27)/t16-,17-/m0/s1. The molecule has 154 valence electrons. The molecule has 1 fully saturated rings. The minimum Gasteiger partial charge on any atom is -0.495 e. The summed E-state index contributed by atoms with van der Waals surface area (Å²) in [5.74, 6) is -1.92. The van der Waals surface area contributed by atoms with Crippen LogP contribution in [0.15, 0.2) is 52.8 Å². The fourth-order valence-electron chi connectivity index (χ4n) is 3.32. The van der Waals surface area contributed by atoms with Crippen molar-refractivity contribution in [2.75, 3.05) is 23.9 Å². The van der Waals surface area contributed by atoms with Crippen LogP contribution >= 0.6 is 11.6 Å². The summed E-state index contributed by atoms with van der Waals surface area (Å²) >= 11 is 5.77.